The third-order valence-electron chi connectivity index (χ3n) is 3.62. The summed E-state index contributed by atoms with van der Waals surface area (Å²) in [6, 6.07) is 7.71. The molecule has 1 aromatic carbocycles. The molecule has 21 heavy (non-hydrogen) atoms. The van der Waals surface area contributed by atoms with Crippen molar-refractivity contribution < 1.29 is 14.3 Å². The van der Waals surface area contributed by atoms with Crippen LogP contribution < -0.4 is 15.4 Å². The minimum Gasteiger partial charge on any atom is -0.494 e. The van der Waals surface area contributed by atoms with Gasteiger partial charge >= 0.3 is 0 Å². The summed E-state index contributed by atoms with van der Waals surface area (Å²) < 4.78 is 11.0. The van der Waals surface area contributed by atoms with Gasteiger partial charge in [-0.1, -0.05) is 12.1 Å². The first-order chi connectivity index (χ1) is 10.0. The zero-order valence-corrected chi connectivity index (χ0v) is 12.9. The number of hydrogen-bond donors (Lipinski definition) is 2. The minimum atomic E-state index is -0.195. The molecule has 0 aromatic heterocycles. The highest BCUT2D eigenvalue weighted by molar-refractivity contribution is 5.77. The Labute approximate surface area is 126 Å². The van der Waals surface area contributed by atoms with Gasteiger partial charge in [-0.05, 0) is 38.5 Å². The van der Waals surface area contributed by atoms with Gasteiger partial charge in [0.1, 0.15) is 12.4 Å². The molecule has 0 saturated carbocycles. The van der Waals surface area contributed by atoms with Crippen LogP contribution in [0.25, 0.3) is 0 Å². The van der Waals surface area contributed by atoms with E-state index in [1.165, 1.54) is 0 Å². The van der Waals surface area contributed by atoms with E-state index in [0.29, 0.717) is 6.61 Å². The fourth-order valence-corrected chi connectivity index (χ4v) is 2.20. The Morgan fingerprint density at radius 2 is 2.05 bits per heavy atom. The Bertz CT molecular complexity index is 469. The van der Waals surface area contributed by atoms with E-state index >= 15 is 0 Å². The molecule has 0 bridgehead atoms. The van der Waals surface area contributed by atoms with Crippen molar-refractivity contribution in [2.45, 2.75) is 32.4 Å². The molecule has 0 radical (unpaired) electrons. The van der Waals surface area contributed by atoms with Crippen molar-refractivity contribution in [3.63, 3.8) is 0 Å². The topological polar surface area (TPSA) is 59.6 Å². The van der Waals surface area contributed by atoms with E-state index in [4.69, 9.17) is 9.47 Å². The van der Waals surface area contributed by atoms with Crippen LogP contribution >= 0.6 is 0 Å². The summed E-state index contributed by atoms with van der Waals surface area (Å²) in [5.74, 6) is 0.748. The third kappa shape index (κ3) is 4.44. The highest BCUT2D eigenvalue weighted by Gasteiger charge is 2.33. The average Bonchev–Trinajstić information content (AvgIpc) is 2.44. The van der Waals surface area contributed by atoms with Crippen LogP contribution in [0, 0.1) is 0 Å². The van der Waals surface area contributed by atoms with Crippen LogP contribution in [-0.4, -0.2) is 37.8 Å². The number of carbonyl (C=O) groups is 1. The highest BCUT2D eigenvalue weighted by Crippen LogP contribution is 2.18. The molecule has 1 aliphatic rings. The minimum absolute atomic E-state index is 0.0518. The van der Waals surface area contributed by atoms with E-state index < -0.39 is 0 Å². The van der Waals surface area contributed by atoms with Crippen LogP contribution in [0.3, 0.4) is 0 Å². The summed E-state index contributed by atoms with van der Waals surface area (Å²) in [6.45, 7) is 8.27. The summed E-state index contributed by atoms with van der Waals surface area (Å²) in [5, 5.41) is 6.08. The third-order valence-corrected chi connectivity index (χ3v) is 3.62. The fraction of sp³-hybridized carbons (Fsp3) is 0.562. The SMILES string of the molecule is CCOc1ccc(C(C)NC(=O)COC2(C)CNC2)cc1. The van der Waals surface area contributed by atoms with Gasteiger partial charge in [0.2, 0.25) is 5.91 Å². The zero-order valence-electron chi connectivity index (χ0n) is 12.9. The molecule has 2 rings (SSSR count). The first-order valence-corrected chi connectivity index (χ1v) is 7.39. The van der Waals surface area contributed by atoms with Crippen molar-refractivity contribution in [1.29, 1.82) is 0 Å². The second-order valence-electron chi connectivity index (χ2n) is 5.63. The van der Waals surface area contributed by atoms with Crippen LogP contribution in [0.2, 0.25) is 0 Å². The van der Waals surface area contributed by atoms with E-state index in [0.717, 1.165) is 24.4 Å². The number of amides is 1. The Balaban J connectivity index is 1.79. The van der Waals surface area contributed by atoms with Crippen molar-refractivity contribution in [1.82, 2.24) is 10.6 Å². The summed E-state index contributed by atoms with van der Waals surface area (Å²) in [6.07, 6.45) is 0. The molecule has 116 valence electrons. The van der Waals surface area contributed by atoms with Gasteiger partial charge in [0.25, 0.3) is 0 Å². The average molecular weight is 292 g/mol. The lowest BCUT2D eigenvalue weighted by molar-refractivity contribution is -0.136. The molecule has 0 spiro atoms. The van der Waals surface area contributed by atoms with Gasteiger partial charge < -0.3 is 20.1 Å². The smallest absolute Gasteiger partial charge is 0.246 e. The largest absolute Gasteiger partial charge is 0.494 e. The Morgan fingerprint density at radius 3 is 2.57 bits per heavy atom. The van der Waals surface area contributed by atoms with E-state index in [1.807, 2.05) is 45.0 Å². The number of rotatable bonds is 7. The molecule has 1 saturated heterocycles. The second-order valence-corrected chi connectivity index (χ2v) is 5.63. The maximum absolute atomic E-state index is 11.9. The van der Waals surface area contributed by atoms with E-state index in [9.17, 15) is 4.79 Å². The molecule has 1 aliphatic heterocycles. The highest BCUT2D eigenvalue weighted by atomic mass is 16.5. The van der Waals surface area contributed by atoms with E-state index in [2.05, 4.69) is 10.6 Å². The molecule has 1 aromatic rings. The first kappa shape index (κ1) is 15.8. The predicted octanol–water partition coefficient (Wildman–Crippen LogP) is 1.64. The number of benzene rings is 1. The van der Waals surface area contributed by atoms with Crippen LogP contribution in [0.1, 0.15) is 32.4 Å². The summed E-state index contributed by atoms with van der Waals surface area (Å²) in [5.41, 5.74) is 0.850. The van der Waals surface area contributed by atoms with Gasteiger partial charge in [-0.15, -0.1) is 0 Å². The van der Waals surface area contributed by atoms with Crippen molar-refractivity contribution in [3.8, 4) is 5.75 Å². The van der Waals surface area contributed by atoms with Crippen molar-refractivity contribution in [2.75, 3.05) is 26.3 Å². The molecule has 1 unspecified atom stereocenters. The molecule has 0 aliphatic carbocycles. The second kappa shape index (κ2) is 6.91. The Morgan fingerprint density at radius 1 is 1.38 bits per heavy atom. The van der Waals surface area contributed by atoms with Gasteiger partial charge in [-0.3, -0.25) is 4.79 Å². The molecular formula is C16H24N2O3. The fourth-order valence-electron chi connectivity index (χ4n) is 2.20. The number of hydrogen-bond acceptors (Lipinski definition) is 4. The van der Waals surface area contributed by atoms with E-state index in [1.54, 1.807) is 0 Å². The van der Waals surface area contributed by atoms with Gasteiger partial charge in [0, 0.05) is 13.1 Å². The number of ether oxygens (including phenoxy) is 2. The normalized spacial score (nSPS) is 17.7. The molecular weight excluding hydrogens is 268 g/mol. The van der Waals surface area contributed by atoms with Crippen LogP contribution in [0.5, 0.6) is 5.75 Å². The lowest BCUT2D eigenvalue weighted by Gasteiger charge is -2.38. The summed E-state index contributed by atoms with van der Waals surface area (Å²) in [4.78, 5) is 11.9. The summed E-state index contributed by atoms with van der Waals surface area (Å²) >= 11 is 0. The molecule has 5 heteroatoms. The van der Waals surface area contributed by atoms with E-state index in [-0.39, 0.29) is 24.2 Å². The van der Waals surface area contributed by atoms with Gasteiger partial charge in [-0.25, -0.2) is 0 Å². The van der Waals surface area contributed by atoms with Crippen molar-refractivity contribution >= 4 is 5.91 Å². The number of carbonyl (C=O) groups excluding carboxylic acids is 1. The quantitative estimate of drug-likeness (QED) is 0.802. The molecule has 1 heterocycles. The lowest BCUT2D eigenvalue weighted by Crippen LogP contribution is -2.59. The predicted molar refractivity (Wildman–Crippen MR) is 81.4 cm³/mol. The monoisotopic (exact) mass is 292 g/mol. The lowest BCUT2D eigenvalue weighted by atomic mass is 10.0. The zero-order chi connectivity index (χ0) is 15.3. The number of nitrogens with one attached hydrogen (secondary N) is 2. The first-order valence-electron chi connectivity index (χ1n) is 7.39. The maximum Gasteiger partial charge on any atom is 0.246 e. The Kier molecular flexibility index (Phi) is 5.20. The molecule has 1 amide bonds. The molecule has 2 N–H and O–H groups in total. The van der Waals surface area contributed by atoms with Gasteiger partial charge in [0.15, 0.2) is 0 Å². The van der Waals surface area contributed by atoms with Crippen molar-refractivity contribution in [2.24, 2.45) is 0 Å². The molecule has 1 atom stereocenters. The summed E-state index contributed by atoms with van der Waals surface area (Å²) in [7, 11) is 0. The van der Waals surface area contributed by atoms with Crippen LogP contribution in [0.4, 0.5) is 0 Å². The van der Waals surface area contributed by atoms with Gasteiger partial charge in [0.05, 0.1) is 18.2 Å². The maximum atomic E-state index is 11.9. The van der Waals surface area contributed by atoms with Gasteiger partial charge in [-0.2, -0.15) is 0 Å². The van der Waals surface area contributed by atoms with Crippen LogP contribution in [0.15, 0.2) is 24.3 Å². The Hall–Kier alpha value is -1.59. The molecule has 5 nitrogen and oxygen atoms in total. The standard InChI is InChI=1S/C16H24N2O3/c1-4-20-14-7-5-13(6-8-14)12(2)18-15(19)9-21-16(3)10-17-11-16/h5-8,12,17H,4,9-11H2,1-3H3,(H,18,19). The van der Waals surface area contributed by atoms with Crippen molar-refractivity contribution in [3.05, 3.63) is 29.8 Å². The molecule has 1 fully saturated rings. The van der Waals surface area contributed by atoms with Crippen LogP contribution in [-0.2, 0) is 9.53 Å².